The summed E-state index contributed by atoms with van der Waals surface area (Å²) in [5.74, 6) is 0.267. The molecule has 1 unspecified atom stereocenters. The number of anilines is 1. The van der Waals surface area contributed by atoms with Crippen LogP contribution in [0.15, 0.2) is 18.2 Å². The third kappa shape index (κ3) is 4.72. The summed E-state index contributed by atoms with van der Waals surface area (Å²) in [6.45, 7) is 4.38. The molecule has 1 aromatic rings. The Morgan fingerprint density at radius 3 is 2.28 bits per heavy atom. The van der Waals surface area contributed by atoms with Gasteiger partial charge >= 0.3 is 6.03 Å². The molecule has 1 aromatic carbocycles. The first-order chi connectivity index (χ1) is 8.42. The highest BCUT2D eigenvalue weighted by molar-refractivity contribution is 6.35. The summed E-state index contributed by atoms with van der Waals surface area (Å²) < 4.78 is 0. The first kappa shape index (κ1) is 15.1. The van der Waals surface area contributed by atoms with Crippen LogP contribution in [-0.4, -0.2) is 18.6 Å². The predicted molar refractivity (Wildman–Crippen MR) is 76.3 cm³/mol. The molecule has 4 N–H and O–H groups in total. The van der Waals surface area contributed by atoms with Gasteiger partial charge in [0.25, 0.3) is 0 Å². The number of urea groups is 1. The maximum absolute atomic E-state index is 11.7. The van der Waals surface area contributed by atoms with Gasteiger partial charge < -0.3 is 16.4 Å². The lowest BCUT2D eigenvalue weighted by Gasteiger charge is -2.20. The molecule has 0 fully saturated rings. The second-order valence-electron chi connectivity index (χ2n) is 4.34. The van der Waals surface area contributed by atoms with Crippen molar-refractivity contribution in [3.8, 4) is 0 Å². The zero-order valence-electron chi connectivity index (χ0n) is 10.3. The van der Waals surface area contributed by atoms with E-state index in [1.54, 1.807) is 18.2 Å². The number of hydrogen-bond donors (Lipinski definition) is 3. The molecule has 0 spiro atoms. The normalized spacial score (nSPS) is 12.3. The van der Waals surface area contributed by atoms with E-state index in [4.69, 9.17) is 28.9 Å². The summed E-state index contributed by atoms with van der Waals surface area (Å²) in [5, 5.41) is 6.40. The van der Waals surface area contributed by atoms with E-state index in [-0.39, 0.29) is 18.0 Å². The second-order valence-corrected chi connectivity index (χ2v) is 5.22. The molecule has 0 bridgehead atoms. The lowest BCUT2D eigenvalue weighted by Crippen LogP contribution is -2.45. The van der Waals surface area contributed by atoms with E-state index < -0.39 is 0 Å². The summed E-state index contributed by atoms with van der Waals surface area (Å²) in [5.41, 5.74) is 6.12. The smallest absolute Gasteiger partial charge is 0.319 e. The van der Waals surface area contributed by atoms with Crippen LogP contribution < -0.4 is 16.4 Å². The van der Waals surface area contributed by atoms with E-state index in [0.29, 0.717) is 22.3 Å². The van der Waals surface area contributed by atoms with Gasteiger partial charge in [-0.15, -0.1) is 0 Å². The number of amides is 2. The van der Waals surface area contributed by atoms with Gasteiger partial charge in [0.15, 0.2) is 0 Å². The molecule has 100 valence electrons. The second kappa shape index (κ2) is 6.83. The average molecular weight is 290 g/mol. The molecule has 0 aromatic heterocycles. The van der Waals surface area contributed by atoms with Gasteiger partial charge in [0.1, 0.15) is 0 Å². The van der Waals surface area contributed by atoms with Gasteiger partial charge in [0.05, 0.1) is 0 Å². The third-order valence-electron chi connectivity index (χ3n) is 2.50. The van der Waals surface area contributed by atoms with Gasteiger partial charge in [-0.05, 0) is 24.1 Å². The van der Waals surface area contributed by atoms with Crippen LogP contribution in [0.2, 0.25) is 10.0 Å². The van der Waals surface area contributed by atoms with Crippen LogP contribution in [0.4, 0.5) is 10.5 Å². The molecule has 1 rings (SSSR count). The third-order valence-corrected chi connectivity index (χ3v) is 2.93. The summed E-state index contributed by atoms with van der Waals surface area (Å²) >= 11 is 11.7. The Balaban J connectivity index is 2.64. The van der Waals surface area contributed by atoms with Gasteiger partial charge in [-0.2, -0.15) is 0 Å². The quantitative estimate of drug-likeness (QED) is 0.797. The topological polar surface area (TPSA) is 67.1 Å². The van der Waals surface area contributed by atoms with Crippen molar-refractivity contribution in [1.82, 2.24) is 5.32 Å². The number of nitrogens with two attached hydrogens (primary N) is 1. The van der Waals surface area contributed by atoms with E-state index in [1.165, 1.54) is 0 Å². The number of benzene rings is 1. The van der Waals surface area contributed by atoms with Crippen LogP contribution in [0.25, 0.3) is 0 Å². The van der Waals surface area contributed by atoms with E-state index in [9.17, 15) is 4.79 Å². The number of carbonyl (C=O) groups excluding carboxylic acids is 1. The Morgan fingerprint density at radius 1 is 1.28 bits per heavy atom. The minimum Gasteiger partial charge on any atom is -0.334 e. The lowest BCUT2D eigenvalue weighted by atomic mass is 10.1. The zero-order valence-corrected chi connectivity index (χ0v) is 11.8. The van der Waals surface area contributed by atoms with E-state index in [2.05, 4.69) is 10.6 Å². The number of halogens is 2. The number of carbonyl (C=O) groups is 1. The maximum Gasteiger partial charge on any atom is 0.319 e. The van der Waals surface area contributed by atoms with Gasteiger partial charge in [0, 0.05) is 28.3 Å². The summed E-state index contributed by atoms with van der Waals surface area (Å²) in [6, 6.07) is 4.46. The van der Waals surface area contributed by atoms with Crippen molar-refractivity contribution in [1.29, 1.82) is 0 Å². The van der Waals surface area contributed by atoms with Crippen molar-refractivity contribution in [3.63, 3.8) is 0 Å². The summed E-state index contributed by atoms with van der Waals surface area (Å²) in [6.07, 6.45) is 0. The van der Waals surface area contributed by atoms with Crippen molar-refractivity contribution in [2.45, 2.75) is 19.9 Å². The molecule has 0 saturated heterocycles. The summed E-state index contributed by atoms with van der Waals surface area (Å²) in [4.78, 5) is 11.7. The lowest BCUT2D eigenvalue weighted by molar-refractivity contribution is 0.245. The highest BCUT2D eigenvalue weighted by Gasteiger charge is 2.14. The Hall–Kier alpha value is -0.970. The molecule has 2 amide bonds. The molecule has 0 heterocycles. The van der Waals surface area contributed by atoms with Crippen molar-refractivity contribution < 1.29 is 4.79 Å². The molecule has 0 aliphatic carbocycles. The zero-order chi connectivity index (χ0) is 13.7. The molecule has 0 aliphatic heterocycles. The molecule has 0 radical (unpaired) electrons. The van der Waals surface area contributed by atoms with Crippen molar-refractivity contribution >= 4 is 34.9 Å². The van der Waals surface area contributed by atoms with Crippen LogP contribution in [-0.2, 0) is 0 Å². The monoisotopic (exact) mass is 289 g/mol. The molecule has 18 heavy (non-hydrogen) atoms. The van der Waals surface area contributed by atoms with E-state index in [0.717, 1.165) is 0 Å². The van der Waals surface area contributed by atoms with Crippen LogP contribution in [0.1, 0.15) is 13.8 Å². The highest BCUT2D eigenvalue weighted by atomic mass is 35.5. The maximum atomic E-state index is 11.7. The van der Waals surface area contributed by atoms with Gasteiger partial charge in [-0.3, -0.25) is 0 Å². The number of nitrogens with one attached hydrogen (secondary N) is 2. The van der Waals surface area contributed by atoms with Crippen LogP contribution in [0, 0.1) is 5.92 Å². The highest BCUT2D eigenvalue weighted by Crippen LogP contribution is 2.22. The minimum atomic E-state index is -0.322. The van der Waals surface area contributed by atoms with Crippen LogP contribution >= 0.6 is 23.2 Å². The predicted octanol–water partition coefficient (Wildman–Crippen LogP) is 3.10. The first-order valence-electron chi connectivity index (χ1n) is 5.66. The van der Waals surface area contributed by atoms with Gasteiger partial charge in [0.2, 0.25) is 0 Å². The van der Waals surface area contributed by atoms with Gasteiger partial charge in [-0.1, -0.05) is 37.0 Å². The summed E-state index contributed by atoms with van der Waals surface area (Å²) in [7, 11) is 0. The van der Waals surface area contributed by atoms with Crippen LogP contribution in [0.5, 0.6) is 0 Å². The Labute approximate surface area is 117 Å². The standard InChI is InChI=1S/C12H17Cl2N3O/c1-7(2)11(6-15)17-12(18)16-10-4-8(13)3-9(14)5-10/h3-5,7,11H,6,15H2,1-2H3,(H2,16,17,18). The molecular weight excluding hydrogens is 273 g/mol. The van der Waals surface area contributed by atoms with Crippen molar-refractivity contribution in [2.75, 3.05) is 11.9 Å². The Bertz CT molecular complexity index is 404. The van der Waals surface area contributed by atoms with Crippen LogP contribution in [0.3, 0.4) is 0 Å². The van der Waals surface area contributed by atoms with Gasteiger partial charge in [-0.25, -0.2) is 4.79 Å². The fraction of sp³-hybridized carbons (Fsp3) is 0.417. The first-order valence-corrected chi connectivity index (χ1v) is 6.41. The minimum absolute atomic E-state index is 0.0698. The van der Waals surface area contributed by atoms with Crippen molar-refractivity contribution in [2.24, 2.45) is 11.7 Å². The molecular formula is C12H17Cl2N3O. The van der Waals surface area contributed by atoms with Crippen molar-refractivity contribution in [3.05, 3.63) is 28.2 Å². The fourth-order valence-corrected chi connectivity index (χ4v) is 1.99. The fourth-order valence-electron chi connectivity index (χ4n) is 1.46. The van der Waals surface area contributed by atoms with E-state index in [1.807, 2.05) is 13.8 Å². The number of hydrogen-bond acceptors (Lipinski definition) is 2. The molecule has 1 atom stereocenters. The Morgan fingerprint density at radius 2 is 1.83 bits per heavy atom. The molecule has 6 heteroatoms. The molecule has 0 aliphatic rings. The molecule has 4 nitrogen and oxygen atoms in total. The van der Waals surface area contributed by atoms with E-state index >= 15 is 0 Å². The SMILES string of the molecule is CC(C)C(CN)NC(=O)Nc1cc(Cl)cc(Cl)c1. The average Bonchev–Trinajstić information content (AvgIpc) is 2.23. The Kier molecular flexibility index (Phi) is 5.72. The number of rotatable bonds is 4. The molecule has 0 saturated carbocycles. The largest absolute Gasteiger partial charge is 0.334 e.